The smallest absolute Gasteiger partial charge is 0.315 e. The zero-order valence-electron chi connectivity index (χ0n) is 10.4. The number of hydrogen-bond acceptors (Lipinski definition) is 3. The van der Waals surface area contributed by atoms with Crippen LogP contribution in [0.15, 0.2) is 41.3 Å². The molecule has 5 nitrogen and oxygen atoms in total. The highest BCUT2D eigenvalue weighted by atomic mass is 16.3. The summed E-state index contributed by atoms with van der Waals surface area (Å²) in [5.74, 6) is 0.775. The van der Waals surface area contributed by atoms with Gasteiger partial charge in [0.2, 0.25) is 0 Å². The molecule has 0 aliphatic heterocycles. The maximum Gasteiger partial charge on any atom is 0.315 e. The zero-order chi connectivity index (χ0) is 13.1. The van der Waals surface area contributed by atoms with Crippen LogP contribution in [-0.2, 0) is 6.54 Å². The fourth-order valence-corrected chi connectivity index (χ4v) is 1.81. The summed E-state index contributed by atoms with van der Waals surface area (Å²) in [6, 6.07) is 5.93. The van der Waals surface area contributed by atoms with Gasteiger partial charge in [-0.1, -0.05) is 0 Å². The van der Waals surface area contributed by atoms with Crippen molar-refractivity contribution >= 4 is 6.03 Å². The lowest BCUT2D eigenvalue weighted by Crippen LogP contribution is -2.36. The van der Waals surface area contributed by atoms with Gasteiger partial charge in [0.15, 0.2) is 0 Å². The molecule has 2 N–H and O–H groups in total. The van der Waals surface area contributed by atoms with Crippen LogP contribution in [-0.4, -0.2) is 17.1 Å². The van der Waals surface area contributed by atoms with Gasteiger partial charge in [-0.3, -0.25) is 4.98 Å². The standard InChI is InChI=1S/C14H15N3O2/c18-14(17-12-3-4-12)16-8-10-6-11(9-15-7-10)13-2-1-5-19-13/h1-2,5-7,9,12H,3-4,8H2,(H2,16,17,18). The Morgan fingerprint density at radius 1 is 1.42 bits per heavy atom. The molecule has 0 atom stereocenters. The van der Waals surface area contributed by atoms with Crippen LogP contribution in [0.1, 0.15) is 18.4 Å². The number of carbonyl (C=O) groups is 1. The Balaban J connectivity index is 1.61. The molecule has 0 saturated heterocycles. The van der Waals surface area contributed by atoms with Crippen LogP contribution in [0.2, 0.25) is 0 Å². The molecule has 2 aromatic heterocycles. The van der Waals surface area contributed by atoms with E-state index in [9.17, 15) is 4.79 Å². The van der Waals surface area contributed by atoms with Crippen molar-refractivity contribution in [3.05, 3.63) is 42.4 Å². The van der Waals surface area contributed by atoms with Crippen LogP contribution < -0.4 is 10.6 Å². The lowest BCUT2D eigenvalue weighted by Gasteiger charge is -2.07. The van der Waals surface area contributed by atoms with E-state index in [1.54, 1.807) is 18.7 Å². The molecular weight excluding hydrogens is 242 g/mol. The summed E-state index contributed by atoms with van der Waals surface area (Å²) < 4.78 is 5.32. The fourth-order valence-electron chi connectivity index (χ4n) is 1.81. The maximum atomic E-state index is 11.5. The molecular formula is C14H15N3O2. The molecule has 0 bridgehead atoms. The van der Waals surface area contributed by atoms with Gasteiger partial charge in [0.1, 0.15) is 5.76 Å². The number of pyridine rings is 1. The minimum absolute atomic E-state index is 0.120. The number of urea groups is 1. The first-order chi connectivity index (χ1) is 9.31. The van der Waals surface area contributed by atoms with Crippen molar-refractivity contribution in [1.29, 1.82) is 0 Å². The summed E-state index contributed by atoms with van der Waals surface area (Å²) in [7, 11) is 0. The number of carbonyl (C=O) groups excluding carboxylic acids is 1. The Kier molecular flexibility index (Phi) is 3.18. The Morgan fingerprint density at radius 3 is 3.05 bits per heavy atom. The van der Waals surface area contributed by atoms with Crippen LogP contribution >= 0.6 is 0 Å². The SMILES string of the molecule is O=C(NCc1cncc(-c2ccco2)c1)NC1CC1. The van der Waals surface area contributed by atoms with E-state index in [0.717, 1.165) is 29.7 Å². The monoisotopic (exact) mass is 257 g/mol. The van der Waals surface area contributed by atoms with E-state index in [4.69, 9.17) is 4.42 Å². The number of hydrogen-bond donors (Lipinski definition) is 2. The third-order valence-corrected chi connectivity index (χ3v) is 2.97. The number of amides is 2. The second-order valence-electron chi connectivity index (χ2n) is 4.66. The van der Waals surface area contributed by atoms with E-state index in [-0.39, 0.29) is 6.03 Å². The van der Waals surface area contributed by atoms with Gasteiger partial charge in [0, 0.05) is 30.5 Å². The summed E-state index contributed by atoms with van der Waals surface area (Å²) >= 11 is 0. The highest BCUT2D eigenvalue weighted by molar-refractivity contribution is 5.74. The first-order valence-electron chi connectivity index (χ1n) is 6.33. The first-order valence-corrected chi connectivity index (χ1v) is 6.33. The second kappa shape index (κ2) is 5.14. The van der Waals surface area contributed by atoms with E-state index < -0.39 is 0 Å². The molecule has 0 radical (unpaired) electrons. The summed E-state index contributed by atoms with van der Waals surface area (Å²) in [5, 5.41) is 5.70. The molecule has 2 heterocycles. The Bertz CT molecular complexity index is 562. The molecule has 0 aromatic carbocycles. The minimum atomic E-state index is -0.120. The van der Waals surface area contributed by atoms with E-state index >= 15 is 0 Å². The second-order valence-corrected chi connectivity index (χ2v) is 4.66. The zero-order valence-corrected chi connectivity index (χ0v) is 10.4. The van der Waals surface area contributed by atoms with Crippen LogP contribution in [0.25, 0.3) is 11.3 Å². The highest BCUT2D eigenvalue weighted by Crippen LogP contribution is 2.20. The predicted molar refractivity (Wildman–Crippen MR) is 70.3 cm³/mol. The molecule has 1 aliphatic rings. The molecule has 2 aromatic rings. The molecule has 1 fully saturated rings. The van der Waals surface area contributed by atoms with Crippen molar-refractivity contribution in [2.24, 2.45) is 0 Å². The van der Waals surface area contributed by atoms with Gasteiger partial charge in [0.25, 0.3) is 0 Å². The molecule has 3 rings (SSSR count). The van der Waals surface area contributed by atoms with Crippen molar-refractivity contribution in [3.63, 3.8) is 0 Å². The summed E-state index contributed by atoms with van der Waals surface area (Å²) in [5.41, 5.74) is 1.85. The number of nitrogens with zero attached hydrogens (tertiary/aromatic N) is 1. The highest BCUT2D eigenvalue weighted by Gasteiger charge is 2.22. The predicted octanol–water partition coefficient (Wildman–Crippen LogP) is 2.30. The molecule has 1 saturated carbocycles. The molecule has 0 unspecified atom stereocenters. The summed E-state index contributed by atoms with van der Waals surface area (Å²) in [4.78, 5) is 15.7. The van der Waals surface area contributed by atoms with Crippen LogP contribution in [0.5, 0.6) is 0 Å². The number of rotatable bonds is 4. The number of nitrogens with one attached hydrogen (secondary N) is 2. The minimum Gasteiger partial charge on any atom is -0.464 e. The number of aromatic nitrogens is 1. The van der Waals surface area contributed by atoms with Crippen LogP contribution in [0.3, 0.4) is 0 Å². The fraction of sp³-hybridized carbons (Fsp3) is 0.286. The lowest BCUT2D eigenvalue weighted by molar-refractivity contribution is 0.240. The third kappa shape index (κ3) is 3.13. The maximum absolute atomic E-state index is 11.5. The van der Waals surface area contributed by atoms with Crippen molar-refractivity contribution < 1.29 is 9.21 Å². The molecule has 5 heteroatoms. The van der Waals surface area contributed by atoms with Gasteiger partial charge in [-0.2, -0.15) is 0 Å². The Hall–Kier alpha value is -2.30. The summed E-state index contributed by atoms with van der Waals surface area (Å²) in [6.07, 6.45) is 7.28. The molecule has 1 aliphatic carbocycles. The van der Waals surface area contributed by atoms with Gasteiger partial charge in [0.05, 0.1) is 6.26 Å². The third-order valence-electron chi connectivity index (χ3n) is 2.97. The Labute approximate surface area is 111 Å². The van der Waals surface area contributed by atoms with E-state index in [0.29, 0.717) is 12.6 Å². The first kappa shape index (κ1) is 11.8. The van der Waals surface area contributed by atoms with Gasteiger partial charge >= 0.3 is 6.03 Å². The van der Waals surface area contributed by atoms with Gasteiger partial charge < -0.3 is 15.1 Å². The van der Waals surface area contributed by atoms with Gasteiger partial charge in [-0.15, -0.1) is 0 Å². The lowest BCUT2D eigenvalue weighted by atomic mass is 10.1. The largest absolute Gasteiger partial charge is 0.464 e. The van der Waals surface area contributed by atoms with Gasteiger partial charge in [-0.25, -0.2) is 4.79 Å². The van der Waals surface area contributed by atoms with Crippen molar-refractivity contribution in [2.75, 3.05) is 0 Å². The average molecular weight is 257 g/mol. The number of furan rings is 1. The van der Waals surface area contributed by atoms with E-state index in [1.807, 2.05) is 18.2 Å². The van der Waals surface area contributed by atoms with E-state index in [1.165, 1.54) is 0 Å². The van der Waals surface area contributed by atoms with Crippen LogP contribution in [0.4, 0.5) is 4.79 Å². The normalized spacial score (nSPS) is 14.1. The molecule has 98 valence electrons. The Morgan fingerprint density at radius 2 is 2.32 bits per heavy atom. The summed E-state index contributed by atoms with van der Waals surface area (Å²) in [6.45, 7) is 0.458. The van der Waals surface area contributed by atoms with Crippen molar-refractivity contribution in [2.45, 2.75) is 25.4 Å². The quantitative estimate of drug-likeness (QED) is 0.883. The van der Waals surface area contributed by atoms with Gasteiger partial charge in [-0.05, 0) is 36.6 Å². The van der Waals surface area contributed by atoms with E-state index in [2.05, 4.69) is 15.6 Å². The molecule has 0 spiro atoms. The molecule has 19 heavy (non-hydrogen) atoms. The van der Waals surface area contributed by atoms with Crippen molar-refractivity contribution in [3.8, 4) is 11.3 Å². The average Bonchev–Trinajstić information content (AvgIpc) is 3.07. The van der Waals surface area contributed by atoms with Crippen LogP contribution in [0, 0.1) is 0 Å². The molecule has 2 amide bonds. The van der Waals surface area contributed by atoms with Crippen molar-refractivity contribution in [1.82, 2.24) is 15.6 Å². The topological polar surface area (TPSA) is 67.2 Å².